The maximum Gasteiger partial charge on any atom is 0.0611 e. The molecule has 1 atom stereocenters. The number of aryl methyl sites for hydroxylation is 1. The van der Waals surface area contributed by atoms with E-state index in [0.717, 1.165) is 6.42 Å². The molecule has 1 aromatic rings. The molecule has 3 N–H and O–H groups in total. The van der Waals surface area contributed by atoms with Gasteiger partial charge in [-0.15, -0.1) is 0 Å². The van der Waals surface area contributed by atoms with Gasteiger partial charge in [0.05, 0.1) is 6.61 Å². The summed E-state index contributed by atoms with van der Waals surface area (Å²) in [5, 5.41) is 13.2. The predicted molar refractivity (Wildman–Crippen MR) is 52.4 cm³/mol. The molecular weight excluding hydrogens is 170 g/mol. The van der Waals surface area contributed by atoms with Gasteiger partial charge in [0.2, 0.25) is 0 Å². The van der Waals surface area contributed by atoms with Gasteiger partial charge in [-0.1, -0.05) is 0 Å². The van der Waals surface area contributed by atoms with Crippen molar-refractivity contribution in [3.8, 4) is 0 Å². The van der Waals surface area contributed by atoms with Crippen molar-refractivity contribution in [1.29, 1.82) is 0 Å². The first-order chi connectivity index (χ1) is 5.55. The highest BCUT2D eigenvalue weighted by atomic mass is 32.1. The second-order valence-electron chi connectivity index (χ2n) is 3.57. The number of hydrogen-bond acceptors (Lipinski definition) is 3. The van der Waals surface area contributed by atoms with Gasteiger partial charge in [0.25, 0.3) is 0 Å². The summed E-state index contributed by atoms with van der Waals surface area (Å²) in [4.78, 5) is 0. The quantitative estimate of drug-likeness (QED) is 0.746. The maximum absolute atomic E-state index is 8.96. The lowest BCUT2D eigenvalue weighted by molar-refractivity contribution is 0.208. The first-order valence-electron chi connectivity index (χ1n) is 3.96. The molecule has 12 heavy (non-hydrogen) atoms. The molecule has 0 aromatic carbocycles. The van der Waals surface area contributed by atoms with Gasteiger partial charge in [0.1, 0.15) is 0 Å². The molecular formula is C9H15NOS. The Morgan fingerprint density at radius 2 is 2.25 bits per heavy atom. The van der Waals surface area contributed by atoms with E-state index in [2.05, 4.69) is 17.7 Å². The average Bonchev–Trinajstić information content (AvgIpc) is 2.36. The minimum Gasteiger partial charge on any atom is -0.394 e. The van der Waals surface area contributed by atoms with E-state index in [9.17, 15) is 0 Å². The average molecular weight is 185 g/mol. The van der Waals surface area contributed by atoms with Gasteiger partial charge in [-0.3, -0.25) is 0 Å². The molecule has 0 saturated carbocycles. The molecule has 68 valence electrons. The third kappa shape index (κ3) is 2.30. The van der Waals surface area contributed by atoms with Crippen LogP contribution in [0.25, 0.3) is 0 Å². The van der Waals surface area contributed by atoms with Crippen molar-refractivity contribution in [2.45, 2.75) is 25.8 Å². The van der Waals surface area contributed by atoms with Gasteiger partial charge in [-0.05, 0) is 42.2 Å². The summed E-state index contributed by atoms with van der Waals surface area (Å²) in [5.41, 5.74) is 7.87. The summed E-state index contributed by atoms with van der Waals surface area (Å²) < 4.78 is 0. The number of aliphatic hydroxyl groups is 1. The van der Waals surface area contributed by atoms with Gasteiger partial charge in [0, 0.05) is 5.54 Å². The molecule has 1 heterocycles. The molecule has 0 spiro atoms. The Hall–Kier alpha value is -0.380. The highest BCUT2D eigenvalue weighted by Gasteiger charge is 2.18. The Morgan fingerprint density at radius 1 is 1.58 bits per heavy atom. The van der Waals surface area contributed by atoms with E-state index in [-0.39, 0.29) is 6.61 Å². The Labute approximate surface area is 77.0 Å². The summed E-state index contributed by atoms with van der Waals surface area (Å²) in [6.45, 7) is 3.96. The van der Waals surface area contributed by atoms with Gasteiger partial charge in [0.15, 0.2) is 0 Å². The smallest absolute Gasteiger partial charge is 0.0611 e. The zero-order valence-corrected chi connectivity index (χ0v) is 8.32. The molecule has 0 bridgehead atoms. The highest BCUT2D eigenvalue weighted by molar-refractivity contribution is 7.08. The van der Waals surface area contributed by atoms with Gasteiger partial charge in [-0.25, -0.2) is 0 Å². The van der Waals surface area contributed by atoms with E-state index in [1.165, 1.54) is 11.1 Å². The van der Waals surface area contributed by atoms with Crippen molar-refractivity contribution in [3.05, 3.63) is 21.9 Å². The molecule has 0 fully saturated rings. The lowest BCUT2D eigenvalue weighted by atomic mass is 9.95. The highest BCUT2D eigenvalue weighted by Crippen LogP contribution is 2.18. The molecule has 3 heteroatoms. The normalized spacial score (nSPS) is 16.0. The number of rotatable bonds is 3. The molecule has 0 aliphatic heterocycles. The van der Waals surface area contributed by atoms with Crippen LogP contribution in [0.2, 0.25) is 0 Å². The Bertz CT molecular complexity index is 255. The van der Waals surface area contributed by atoms with E-state index < -0.39 is 5.54 Å². The molecule has 0 radical (unpaired) electrons. The van der Waals surface area contributed by atoms with Crippen molar-refractivity contribution < 1.29 is 5.11 Å². The summed E-state index contributed by atoms with van der Waals surface area (Å²) >= 11 is 1.68. The maximum atomic E-state index is 8.96. The summed E-state index contributed by atoms with van der Waals surface area (Å²) in [7, 11) is 0. The first-order valence-corrected chi connectivity index (χ1v) is 4.91. The third-order valence-electron chi connectivity index (χ3n) is 1.92. The van der Waals surface area contributed by atoms with Crippen LogP contribution in [0, 0.1) is 6.92 Å². The molecule has 1 aromatic heterocycles. The van der Waals surface area contributed by atoms with Crippen LogP contribution in [-0.4, -0.2) is 17.3 Å². The largest absolute Gasteiger partial charge is 0.394 e. The molecule has 2 nitrogen and oxygen atoms in total. The second kappa shape index (κ2) is 3.56. The monoisotopic (exact) mass is 185 g/mol. The predicted octanol–water partition coefficient (Wildman–Crippen LogP) is 1.31. The zero-order valence-electron chi connectivity index (χ0n) is 7.50. The standard InChI is InChI=1S/C9H15NOS/c1-7-4-12-5-8(7)3-9(2,10)6-11/h4-5,11H,3,6,10H2,1-2H3. The number of hydrogen-bond donors (Lipinski definition) is 2. The van der Waals surface area contributed by atoms with Crippen LogP contribution in [0.4, 0.5) is 0 Å². The number of nitrogens with two attached hydrogens (primary N) is 1. The van der Waals surface area contributed by atoms with Crippen LogP contribution in [0.15, 0.2) is 10.8 Å². The van der Waals surface area contributed by atoms with E-state index in [1.807, 2.05) is 6.92 Å². The van der Waals surface area contributed by atoms with Gasteiger partial charge < -0.3 is 10.8 Å². The molecule has 0 amide bonds. The second-order valence-corrected chi connectivity index (χ2v) is 4.31. The van der Waals surface area contributed by atoms with E-state index >= 15 is 0 Å². The van der Waals surface area contributed by atoms with Gasteiger partial charge in [-0.2, -0.15) is 11.3 Å². The SMILES string of the molecule is Cc1cscc1CC(C)(N)CO. The van der Waals surface area contributed by atoms with Crippen molar-refractivity contribution >= 4 is 11.3 Å². The molecule has 1 rings (SSSR count). The fourth-order valence-electron chi connectivity index (χ4n) is 1.06. The zero-order chi connectivity index (χ0) is 9.19. The number of thiophene rings is 1. The summed E-state index contributed by atoms with van der Waals surface area (Å²) in [5.74, 6) is 0. The number of aliphatic hydroxyl groups excluding tert-OH is 1. The van der Waals surface area contributed by atoms with E-state index in [4.69, 9.17) is 10.8 Å². The van der Waals surface area contributed by atoms with Crippen LogP contribution in [-0.2, 0) is 6.42 Å². The van der Waals surface area contributed by atoms with Crippen LogP contribution in [0.1, 0.15) is 18.1 Å². The molecule has 0 aliphatic rings. The fraction of sp³-hybridized carbons (Fsp3) is 0.556. The lowest BCUT2D eigenvalue weighted by Gasteiger charge is -2.21. The Balaban J connectivity index is 2.70. The minimum atomic E-state index is -0.480. The summed E-state index contributed by atoms with van der Waals surface area (Å²) in [6, 6.07) is 0. The Morgan fingerprint density at radius 3 is 2.67 bits per heavy atom. The minimum absolute atomic E-state index is 0.0300. The first kappa shape index (κ1) is 9.71. The van der Waals surface area contributed by atoms with Gasteiger partial charge >= 0.3 is 0 Å². The van der Waals surface area contributed by atoms with Crippen molar-refractivity contribution in [1.82, 2.24) is 0 Å². The van der Waals surface area contributed by atoms with Crippen LogP contribution in [0.5, 0.6) is 0 Å². The lowest BCUT2D eigenvalue weighted by Crippen LogP contribution is -2.42. The topological polar surface area (TPSA) is 46.2 Å². The Kier molecular flexibility index (Phi) is 2.88. The van der Waals surface area contributed by atoms with E-state index in [1.54, 1.807) is 11.3 Å². The van der Waals surface area contributed by atoms with Crippen molar-refractivity contribution in [2.24, 2.45) is 5.73 Å². The van der Waals surface area contributed by atoms with Crippen LogP contribution >= 0.6 is 11.3 Å². The van der Waals surface area contributed by atoms with Crippen molar-refractivity contribution in [3.63, 3.8) is 0 Å². The third-order valence-corrected chi connectivity index (χ3v) is 2.83. The van der Waals surface area contributed by atoms with E-state index in [0.29, 0.717) is 0 Å². The van der Waals surface area contributed by atoms with Crippen LogP contribution in [0.3, 0.4) is 0 Å². The molecule has 1 unspecified atom stereocenters. The fourth-order valence-corrected chi connectivity index (χ4v) is 1.92. The molecule has 0 saturated heterocycles. The van der Waals surface area contributed by atoms with Crippen molar-refractivity contribution in [2.75, 3.05) is 6.61 Å². The van der Waals surface area contributed by atoms with Crippen LogP contribution < -0.4 is 5.73 Å². The molecule has 0 aliphatic carbocycles. The summed E-state index contributed by atoms with van der Waals surface area (Å²) in [6.07, 6.45) is 0.749.